The summed E-state index contributed by atoms with van der Waals surface area (Å²) in [4.78, 5) is 11.8. The van der Waals surface area contributed by atoms with Gasteiger partial charge < -0.3 is 4.74 Å². The van der Waals surface area contributed by atoms with E-state index in [2.05, 4.69) is 36.7 Å². The quantitative estimate of drug-likeness (QED) is 0.725. The van der Waals surface area contributed by atoms with Crippen LogP contribution in [0.1, 0.15) is 43.1 Å². The topological polar surface area (TPSA) is 26.3 Å². The van der Waals surface area contributed by atoms with Crippen molar-refractivity contribution in [3.05, 3.63) is 27.7 Å². The molecule has 1 heterocycles. The van der Waals surface area contributed by atoms with Crippen molar-refractivity contribution in [1.29, 1.82) is 0 Å². The van der Waals surface area contributed by atoms with E-state index in [9.17, 15) is 4.79 Å². The molecule has 0 aromatic heterocycles. The van der Waals surface area contributed by atoms with Crippen LogP contribution in [0.15, 0.2) is 16.6 Å². The number of hydrogen-bond donors (Lipinski definition) is 0. The summed E-state index contributed by atoms with van der Waals surface area (Å²) in [7, 11) is 0. The summed E-state index contributed by atoms with van der Waals surface area (Å²) < 4.78 is 6.40. The van der Waals surface area contributed by atoms with Crippen LogP contribution in [0.2, 0.25) is 0 Å². The predicted molar refractivity (Wildman–Crippen MR) is 67.3 cm³/mol. The van der Waals surface area contributed by atoms with Crippen molar-refractivity contribution in [2.24, 2.45) is 0 Å². The Labute approximate surface area is 104 Å². The Balaban J connectivity index is 2.60. The summed E-state index contributed by atoms with van der Waals surface area (Å²) in [6, 6.07) is 4.00. The van der Waals surface area contributed by atoms with Gasteiger partial charge in [-0.25, -0.2) is 0 Å². The molecule has 0 saturated heterocycles. The van der Waals surface area contributed by atoms with Gasteiger partial charge in [0.05, 0.1) is 16.6 Å². The highest BCUT2D eigenvalue weighted by Crippen LogP contribution is 2.37. The van der Waals surface area contributed by atoms with Gasteiger partial charge in [-0.3, -0.25) is 4.79 Å². The zero-order valence-corrected chi connectivity index (χ0v) is 11.3. The van der Waals surface area contributed by atoms with Crippen LogP contribution in [-0.2, 0) is 5.41 Å². The Morgan fingerprint density at radius 3 is 2.62 bits per heavy atom. The molecule has 0 spiro atoms. The third kappa shape index (κ3) is 2.01. The molecule has 0 aliphatic carbocycles. The molecule has 0 atom stereocenters. The molecule has 0 bridgehead atoms. The van der Waals surface area contributed by atoms with Gasteiger partial charge in [0.15, 0.2) is 5.78 Å². The van der Waals surface area contributed by atoms with Gasteiger partial charge in [-0.05, 0) is 39.0 Å². The van der Waals surface area contributed by atoms with Crippen LogP contribution in [0, 0.1) is 0 Å². The monoisotopic (exact) mass is 282 g/mol. The minimum Gasteiger partial charge on any atom is -0.491 e. The molecule has 0 unspecified atom stereocenters. The predicted octanol–water partition coefficient (Wildman–Crippen LogP) is 3.71. The van der Waals surface area contributed by atoms with E-state index in [0.717, 1.165) is 10.0 Å². The number of ketones is 1. The molecular weight excluding hydrogens is 268 g/mol. The largest absolute Gasteiger partial charge is 0.491 e. The van der Waals surface area contributed by atoms with Crippen LogP contribution < -0.4 is 4.74 Å². The van der Waals surface area contributed by atoms with Crippen molar-refractivity contribution in [2.45, 2.75) is 32.6 Å². The first-order valence-electron chi connectivity index (χ1n) is 5.39. The number of rotatable bonds is 0. The highest BCUT2D eigenvalue weighted by molar-refractivity contribution is 9.10. The molecule has 16 heavy (non-hydrogen) atoms. The minimum atomic E-state index is 0.0370. The second-order valence-corrected chi connectivity index (χ2v) is 5.96. The van der Waals surface area contributed by atoms with Crippen molar-refractivity contribution in [1.82, 2.24) is 0 Å². The third-order valence-electron chi connectivity index (χ3n) is 2.79. The SMILES string of the molecule is CC(C)(C)c1cc(Br)c2c(c1)C(=O)CCO2. The molecule has 1 aromatic carbocycles. The number of halogens is 1. The standard InChI is InChI=1S/C13H15BrO2/c1-13(2,3)8-6-9-11(15)4-5-16-12(9)10(14)7-8/h6-7H,4-5H2,1-3H3. The van der Waals surface area contributed by atoms with Crippen LogP contribution in [0.25, 0.3) is 0 Å². The first-order valence-corrected chi connectivity index (χ1v) is 6.19. The lowest BCUT2D eigenvalue weighted by Gasteiger charge is -2.24. The summed E-state index contributed by atoms with van der Waals surface area (Å²) >= 11 is 3.48. The smallest absolute Gasteiger partial charge is 0.170 e. The number of carbonyl (C=O) groups excluding carboxylic acids is 1. The lowest BCUT2D eigenvalue weighted by atomic mass is 9.85. The molecule has 0 radical (unpaired) electrons. The molecule has 1 aliphatic heterocycles. The average Bonchev–Trinajstić information content (AvgIpc) is 2.18. The molecule has 2 nitrogen and oxygen atoms in total. The van der Waals surface area contributed by atoms with Gasteiger partial charge in [0.2, 0.25) is 0 Å². The van der Waals surface area contributed by atoms with Crippen LogP contribution in [0.4, 0.5) is 0 Å². The van der Waals surface area contributed by atoms with Gasteiger partial charge in [0.25, 0.3) is 0 Å². The maximum Gasteiger partial charge on any atom is 0.170 e. The molecule has 86 valence electrons. The van der Waals surface area contributed by atoms with E-state index >= 15 is 0 Å². The molecule has 1 aromatic rings. The lowest BCUT2D eigenvalue weighted by molar-refractivity contribution is 0.0932. The van der Waals surface area contributed by atoms with Crippen LogP contribution in [0.5, 0.6) is 5.75 Å². The summed E-state index contributed by atoms with van der Waals surface area (Å²) in [6.45, 7) is 6.89. The first-order chi connectivity index (χ1) is 7.39. The van der Waals surface area contributed by atoms with E-state index in [1.807, 2.05) is 12.1 Å². The second kappa shape index (κ2) is 3.88. The Hall–Kier alpha value is -0.830. The number of hydrogen-bond acceptors (Lipinski definition) is 2. The number of benzene rings is 1. The molecule has 0 saturated carbocycles. The number of ether oxygens (including phenoxy) is 1. The number of Topliss-reactive ketones (excluding diaryl/α,β-unsaturated/α-hetero) is 1. The van der Waals surface area contributed by atoms with E-state index in [1.165, 1.54) is 0 Å². The van der Waals surface area contributed by atoms with E-state index in [1.54, 1.807) is 0 Å². The summed E-state index contributed by atoms with van der Waals surface area (Å²) in [5, 5.41) is 0. The van der Waals surface area contributed by atoms with Crippen molar-refractivity contribution in [3.8, 4) is 5.75 Å². The molecule has 0 N–H and O–H groups in total. The molecule has 0 amide bonds. The fourth-order valence-electron chi connectivity index (χ4n) is 1.76. The molecular formula is C13H15BrO2. The molecule has 2 rings (SSSR count). The summed E-state index contributed by atoms with van der Waals surface area (Å²) in [6.07, 6.45) is 0.479. The van der Waals surface area contributed by atoms with Crippen molar-refractivity contribution in [2.75, 3.05) is 6.61 Å². The van der Waals surface area contributed by atoms with Gasteiger partial charge in [-0.2, -0.15) is 0 Å². The zero-order valence-electron chi connectivity index (χ0n) is 9.76. The highest BCUT2D eigenvalue weighted by Gasteiger charge is 2.24. The van der Waals surface area contributed by atoms with Crippen LogP contribution in [0.3, 0.4) is 0 Å². The Morgan fingerprint density at radius 1 is 1.31 bits per heavy atom. The van der Waals surface area contributed by atoms with E-state index < -0.39 is 0 Å². The molecule has 0 fully saturated rings. The lowest BCUT2D eigenvalue weighted by Crippen LogP contribution is -2.18. The molecule has 3 heteroatoms. The number of fused-ring (bicyclic) bond motifs is 1. The van der Waals surface area contributed by atoms with Gasteiger partial charge >= 0.3 is 0 Å². The van der Waals surface area contributed by atoms with Crippen LogP contribution >= 0.6 is 15.9 Å². The van der Waals surface area contributed by atoms with E-state index in [0.29, 0.717) is 24.3 Å². The fourth-order valence-corrected chi connectivity index (χ4v) is 2.34. The first kappa shape index (κ1) is 11.6. The zero-order chi connectivity index (χ0) is 11.9. The van der Waals surface area contributed by atoms with Gasteiger partial charge in [-0.15, -0.1) is 0 Å². The van der Waals surface area contributed by atoms with Crippen molar-refractivity contribution in [3.63, 3.8) is 0 Å². The Morgan fingerprint density at radius 2 is 2.00 bits per heavy atom. The summed E-state index contributed by atoms with van der Waals surface area (Å²) in [5.74, 6) is 0.873. The highest BCUT2D eigenvalue weighted by atomic mass is 79.9. The van der Waals surface area contributed by atoms with Gasteiger partial charge in [0, 0.05) is 6.42 Å². The Kier molecular flexibility index (Phi) is 2.82. The Bertz CT molecular complexity index is 444. The fraction of sp³-hybridized carbons (Fsp3) is 0.462. The summed E-state index contributed by atoms with van der Waals surface area (Å²) in [5.41, 5.74) is 1.90. The van der Waals surface area contributed by atoms with Crippen molar-refractivity contribution < 1.29 is 9.53 Å². The minimum absolute atomic E-state index is 0.0370. The maximum atomic E-state index is 11.8. The van der Waals surface area contributed by atoms with Gasteiger partial charge in [0.1, 0.15) is 5.75 Å². The third-order valence-corrected chi connectivity index (χ3v) is 3.37. The van der Waals surface area contributed by atoms with E-state index in [-0.39, 0.29) is 11.2 Å². The second-order valence-electron chi connectivity index (χ2n) is 5.11. The van der Waals surface area contributed by atoms with Crippen LogP contribution in [-0.4, -0.2) is 12.4 Å². The normalized spacial score (nSPS) is 15.6. The van der Waals surface area contributed by atoms with Gasteiger partial charge in [-0.1, -0.05) is 20.8 Å². The van der Waals surface area contributed by atoms with E-state index in [4.69, 9.17) is 4.74 Å². The molecule has 1 aliphatic rings. The van der Waals surface area contributed by atoms with Crippen molar-refractivity contribution >= 4 is 21.7 Å². The maximum absolute atomic E-state index is 11.8. The average molecular weight is 283 g/mol. The number of carbonyl (C=O) groups is 1.